The molecule has 1 saturated carbocycles. The van der Waals surface area contributed by atoms with E-state index in [0.717, 1.165) is 16.7 Å². The van der Waals surface area contributed by atoms with Crippen LogP contribution in [0, 0.1) is 6.92 Å². The highest BCUT2D eigenvalue weighted by Gasteiger charge is 2.17. The van der Waals surface area contributed by atoms with Crippen LogP contribution in [0.5, 0.6) is 0 Å². The molecule has 3 aromatic rings. The molecule has 0 atom stereocenters. The molecule has 0 bridgehead atoms. The molecule has 1 aliphatic rings. The van der Waals surface area contributed by atoms with Crippen LogP contribution in [0.1, 0.15) is 56.3 Å². The molecule has 0 aliphatic heterocycles. The third kappa shape index (κ3) is 3.61. The van der Waals surface area contributed by atoms with E-state index in [9.17, 15) is 4.79 Å². The predicted molar refractivity (Wildman–Crippen MR) is 97.8 cm³/mol. The molecule has 136 valence electrons. The SMILES string of the molecule is Cc1noc(CCC(=O)Nc2ccc3c(c2)ncn3C2CCCCC2)n1. The molecule has 1 amide bonds. The van der Waals surface area contributed by atoms with Gasteiger partial charge in [-0.15, -0.1) is 0 Å². The van der Waals surface area contributed by atoms with Crippen molar-refractivity contribution in [3.05, 3.63) is 36.2 Å². The number of fused-ring (bicyclic) bond motifs is 1. The Bertz CT molecular complexity index is 908. The average molecular weight is 353 g/mol. The zero-order valence-electron chi connectivity index (χ0n) is 14.9. The number of benzene rings is 1. The second-order valence-electron chi connectivity index (χ2n) is 6.93. The van der Waals surface area contributed by atoms with Crippen LogP contribution in [0.4, 0.5) is 5.69 Å². The van der Waals surface area contributed by atoms with Gasteiger partial charge in [0.1, 0.15) is 0 Å². The van der Waals surface area contributed by atoms with Gasteiger partial charge in [0, 0.05) is 24.6 Å². The molecule has 0 unspecified atom stereocenters. The third-order valence-corrected chi connectivity index (χ3v) is 4.96. The number of amides is 1. The lowest BCUT2D eigenvalue weighted by molar-refractivity contribution is -0.116. The Balaban J connectivity index is 1.41. The average Bonchev–Trinajstić information content (AvgIpc) is 3.26. The number of nitrogens with one attached hydrogen (secondary N) is 1. The molecule has 4 rings (SSSR count). The van der Waals surface area contributed by atoms with Crippen LogP contribution in [-0.4, -0.2) is 25.6 Å². The van der Waals surface area contributed by atoms with Gasteiger partial charge in [0.25, 0.3) is 0 Å². The fourth-order valence-corrected chi connectivity index (χ4v) is 3.65. The Morgan fingerprint density at radius 1 is 1.31 bits per heavy atom. The summed E-state index contributed by atoms with van der Waals surface area (Å²) in [5.74, 6) is 0.991. The molecule has 2 aromatic heterocycles. The van der Waals surface area contributed by atoms with Crippen molar-refractivity contribution < 1.29 is 9.32 Å². The molecule has 2 heterocycles. The van der Waals surface area contributed by atoms with Gasteiger partial charge in [0.2, 0.25) is 11.8 Å². The molecule has 1 aliphatic carbocycles. The van der Waals surface area contributed by atoms with Crippen molar-refractivity contribution in [3.63, 3.8) is 0 Å². The summed E-state index contributed by atoms with van der Waals surface area (Å²) in [6, 6.07) is 6.47. The Hall–Kier alpha value is -2.70. The fourth-order valence-electron chi connectivity index (χ4n) is 3.65. The Morgan fingerprint density at radius 3 is 2.92 bits per heavy atom. The Morgan fingerprint density at radius 2 is 2.15 bits per heavy atom. The van der Waals surface area contributed by atoms with E-state index in [0.29, 0.717) is 30.6 Å². The van der Waals surface area contributed by atoms with E-state index in [-0.39, 0.29) is 5.91 Å². The van der Waals surface area contributed by atoms with Crippen molar-refractivity contribution >= 4 is 22.6 Å². The van der Waals surface area contributed by atoms with Crippen molar-refractivity contribution in [2.45, 2.75) is 57.9 Å². The van der Waals surface area contributed by atoms with Gasteiger partial charge in [-0.25, -0.2) is 4.98 Å². The highest BCUT2D eigenvalue weighted by atomic mass is 16.5. The van der Waals surface area contributed by atoms with Crippen LogP contribution in [0.15, 0.2) is 29.0 Å². The molecular formula is C19H23N5O2. The number of hydrogen-bond donors (Lipinski definition) is 1. The lowest BCUT2D eigenvalue weighted by Gasteiger charge is -2.23. The summed E-state index contributed by atoms with van der Waals surface area (Å²) in [6.45, 7) is 1.76. The second kappa shape index (κ2) is 7.27. The minimum atomic E-state index is -0.0769. The monoisotopic (exact) mass is 353 g/mol. The second-order valence-corrected chi connectivity index (χ2v) is 6.93. The van der Waals surface area contributed by atoms with E-state index < -0.39 is 0 Å². The number of carbonyl (C=O) groups is 1. The maximum Gasteiger partial charge on any atom is 0.227 e. The number of aryl methyl sites for hydroxylation is 2. The molecular weight excluding hydrogens is 330 g/mol. The van der Waals surface area contributed by atoms with Crippen molar-refractivity contribution in [1.29, 1.82) is 0 Å². The lowest BCUT2D eigenvalue weighted by Crippen LogP contribution is -2.13. The number of carbonyl (C=O) groups excluding carboxylic acids is 1. The van der Waals surface area contributed by atoms with Crippen LogP contribution in [0.2, 0.25) is 0 Å². The number of aromatic nitrogens is 4. The minimum Gasteiger partial charge on any atom is -0.339 e. The number of imidazole rings is 1. The van der Waals surface area contributed by atoms with E-state index in [4.69, 9.17) is 4.52 Å². The summed E-state index contributed by atoms with van der Waals surface area (Å²) in [7, 11) is 0. The van der Waals surface area contributed by atoms with Crippen molar-refractivity contribution in [2.24, 2.45) is 0 Å². The van der Waals surface area contributed by atoms with Crippen molar-refractivity contribution in [3.8, 4) is 0 Å². The standard InChI is InChI=1S/C19H23N5O2/c1-13-21-19(26-23-13)10-9-18(25)22-14-7-8-17-16(11-14)20-12-24(17)15-5-3-2-4-6-15/h7-8,11-12,15H,2-6,9-10H2,1H3,(H,22,25). The lowest BCUT2D eigenvalue weighted by atomic mass is 9.95. The maximum absolute atomic E-state index is 12.2. The first-order valence-corrected chi connectivity index (χ1v) is 9.25. The predicted octanol–water partition coefficient (Wildman–Crippen LogP) is 3.80. The molecule has 1 N–H and O–H groups in total. The quantitative estimate of drug-likeness (QED) is 0.754. The molecule has 7 nitrogen and oxygen atoms in total. The van der Waals surface area contributed by atoms with Crippen molar-refractivity contribution in [2.75, 3.05) is 5.32 Å². The summed E-state index contributed by atoms with van der Waals surface area (Å²) < 4.78 is 7.32. The molecule has 7 heteroatoms. The summed E-state index contributed by atoms with van der Waals surface area (Å²) in [5, 5.41) is 6.65. The van der Waals surface area contributed by atoms with E-state index >= 15 is 0 Å². The first-order chi connectivity index (χ1) is 12.7. The molecule has 0 spiro atoms. The van der Waals surface area contributed by atoms with Crippen LogP contribution in [0.3, 0.4) is 0 Å². The summed E-state index contributed by atoms with van der Waals surface area (Å²) >= 11 is 0. The van der Waals surface area contributed by atoms with Gasteiger partial charge >= 0.3 is 0 Å². The Kier molecular flexibility index (Phi) is 4.69. The fraction of sp³-hybridized carbons (Fsp3) is 0.474. The van der Waals surface area contributed by atoms with Gasteiger partial charge in [-0.05, 0) is 38.0 Å². The zero-order chi connectivity index (χ0) is 17.9. The highest BCUT2D eigenvalue weighted by Crippen LogP contribution is 2.31. The molecule has 0 saturated heterocycles. The highest BCUT2D eigenvalue weighted by molar-refractivity contribution is 5.93. The molecule has 26 heavy (non-hydrogen) atoms. The van der Waals surface area contributed by atoms with Gasteiger partial charge in [-0.3, -0.25) is 4.79 Å². The first kappa shape index (κ1) is 16.8. The van der Waals surface area contributed by atoms with Crippen molar-refractivity contribution in [1.82, 2.24) is 19.7 Å². The summed E-state index contributed by atoms with van der Waals surface area (Å²) in [6.07, 6.45) is 9.03. The normalized spacial score (nSPS) is 15.4. The van der Waals surface area contributed by atoms with Gasteiger partial charge < -0.3 is 14.4 Å². The molecule has 0 radical (unpaired) electrons. The number of anilines is 1. The van der Waals surface area contributed by atoms with Crippen LogP contribution in [-0.2, 0) is 11.2 Å². The molecule has 1 aromatic carbocycles. The third-order valence-electron chi connectivity index (χ3n) is 4.96. The van der Waals surface area contributed by atoms with Gasteiger partial charge in [0.05, 0.1) is 17.4 Å². The van der Waals surface area contributed by atoms with E-state index in [1.54, 1.807) is 6.92 Å². The Labute approximate surface area is 151 Å². The zero-order valence-corrected chi connectivity index (χ0v) is 14.9. The minimum absolute atomic E-state index is 0.0769. The summed E-state index contributed by atoms with van der Waals surface area (Å²) in [4.78, 5) is 20.8. The number of nitrogens with zero attached hydrogens (tertiary/aromatic N) is 4. The van der Waals surface area contributed by atoms with Crippen LogP contribution >= 0.6 is 0 Å². The van der Waals surface area contributed by atoms with E-state index in [1.165, 1.54) is 32.1 Å². The summed E-state index contributed by atoms with van der Waals surface area (Å²) in [5.41, 5.74) is 2.82. The first-order valence-electron chi connectivity index (χ1n) is 9.25. The van der Waals surface area contributed by atoms with Crippen LogP contribution < -0.4 is 5.32 Å². The van der Waals surface area contributed by atoms with E-state index in [2.05, 4.69) is 25.0 Å². The molecule has 1 fully saturated rings. The van der Waals surface area contributed by atoms with Gasteiger partial charge in [-0.1, -0.05) is 24.4 Å². The van der Waals surface area contributed by atoms with Gasteiger partial charge in [0.15, 0.2) is 5.82 Å². The maximum atomic E-state index is 12.2. The topological polar surface area (TPSA) is 85.8 Å². The number of hydrogen-bond acceptors (Lipinski definition) is 5. The van der Waals surface area contributed by atoms with E-state index in [1.807, 2.05) is 24.5 Å². The van der Waals surface area contributed by atoms with Crippen LogP contribution in [0.25, 0.3) is 11.0 Å². The smallest absolute Gasteiger partial charge is 0.227 e. The largest absolute Gasteiger partial charge is 0.339 e. The number of rotatable bonds is 5. The van der Waals surface area contributed by atoms with Gasteiger partial charge in [-0.2, -0.15) is 4.98 Å².